The number of nitrogens with two attached hydrogens (primary N) is 2. The van der Waals surface area contributed by atoms with Crippen molar-refractivity contribution < 1.29 is 9.47 Å². The molecule has 0 aliphatic heterocycles. The molecule has 0 aliphatic rings. The molecule has 0 aromatic heterocycles. The minimum absolute atomic E-state index is 0.0207. The van der Waals surface area contributed by atoms with Gasteiger partial charge in [0.15, 0.2) is 0 Å². The van der Waals surface area contributed by atoms with Gasteiger partial charge in [0, 0.05) is 13.2 Å². The molecule has 0 saturated carbocycles. The van der Waals surface area contributed by atoms with E-state index in [-0.39, 0.29) is 10.7 Å². The van der Waals surface area contributed by atoms with Gasteiger partial charge in [0.1, 0.15) is 0 Å². The van der Waals surface area contributed by atoms with Crippen LogP contribution in [0.2, 0.25) is 0 Å². The van der Waals surface area contributed by atoms with E-state index in [1.165, 1.54) is 21.6 Å². The van der Waals surface area contributed by atoms with Gasteiger partial charge >= 0.3 is 0 Å². The lowest BCUT2D eigenvalue weighted by Gasteiger charge is -2.14. The third kappa shape index (κ3) is 9.11. The summed E-state index contributed by atoms with van der Waals surface area (Å²) >= 11 is 0. The second kappa shape index (κ2) is 10.1. The monoisotopic (exact) mass is 240 g/mol. The second-order valence-corrected chi connectivity index (χ2v) is 5.34. The molecule has 4 N–H and O–H groups in total. The van der Waals surface area contributed by atoms with Crippen molar-refractivity contribution >= 4 is 21.6 Å². The smallest absolute Gasteiger partial charge is 0.0849 e. The van der Waals surface area contributed by atoms with Crippen LogP contribution in [0.3, 0.4) is 0 Å². The van der Waals surface area contributed by atoms with Gasteiger partial charge in [-0.2, -0.15) is 0 Å². The molecule has 0 aromatic rings. The highest BCUT2D eigenvalue weighted by atomic mass is 33.1. The van der Waals surface area contributed by atoms with Crippen molar-refractivity contribution in [1.82, 2.24) is 0 Å². The van der Waals surface area contributed by atoms with Crippen LogP contribution in [0.25, 0.3) is 0 Å². The van der Waals surface area contributed by atoms with Crippen LogP contribution in [0.5, 0.6) is 0 Å². The zero-order valence-electron chi connectivity index (χ0n) is 8.77. The minimum atomic E-state index is -0.0207. The van der Waals surface area contributed by atoms with Gasteiger partial charge in [-0.25, -0.2) is 0 Å². The fourth-order valence-electron chi connectivity index (χ4n) is 0.666. The summed E-state index contributed by atoms with van der Waals surface area (Å²) in [7, 11) is 3.08. The predicted octanol–water partition coefficient (Wildman–Crippen LogP) is 1.01. The molecule has 0 saturated heterocycles. The van der Waals surface area contributed by atoms with E-state index in [1.54, 1.807) is 0 Å². The van der Waals surface area contributed by atoms with Crippen molar-refractivity contribution in [3.05, 3.63) is 0 Å². The first kappa shape index (κ1) is 14.5. The van der Waals surface area contributed by atoms with E-state index in [2.05, 4.69) is 0 Å². The number of hydrogen-bond donors (Lipinski definition) is 2. The van der Waals surface area contributed by atoms with Gasteiger partial charge in [0.2, 0.25) is 0 Å². The fourth-order valence-corrected chi connectivity index (χ4v) is 2.44. The van der Waals surface area contributed by atoms with Crippen LogP contribution in [-0.2, 0) is 9.47 Å². The molecule has 0 heterocycles. The molecular weight excluding hydrogens is 220 g/mol. The highest BCUT2D eigenvalue weighted by molar-refractivity contribution is 8.77. The zero-order valence-corrected chi connectivity index (χ0v) is 10.4. The molecule has 2 unspecified atom stereocenters. The summed E-state index contributed by atoms with van der Waals surface area (Å²) in [6, 6.07) is 0. The largest absolute Gasteiger partial charge is 0.379 e. The van der Waals surface area contributed by atoms with E-state index in [0.717, 1.165) is 0 Å². The summed E-state index contributed by atoms with van der Waals surface area (Å²) in [5.74, 6) is 0. The van der Waals surface area contributed by atoms with E-state index < -0.39 is 0 Å². The third-order valence-electron chi connectivity index (χ3n) is 1.28. The van der Waals surface area contributed by atoms with Crippen LogP contribution >= 0.6 is 21.6 Å². The fraction of sp³-hybridized carbons (Fsp3) is 1.00. The number of ether oxygens (including phenoxy) is 2. The summed E-state index contributed by atoms with van der Waals surface area (Å²) in [6.07, 6.45) is 0. The molecule has 6 heteroatoms. The lowest BCUT2D eigenvalue weighted by molar-refractivity contribution is 0.149. The van der Waals surface area contributed by atoms with Gasteiger partial charge in [0.05, 0.1) is 24.0 Å². The molecule has 0 aliphatic carbocycles. The van der Waals surface area contributed by atoms with Crippen molar-refractivity contribution in [3.8, 4) is 0 Å². The molecule has 2 atom stereocenters. The maximum absolute atomic E-state index is 5.76. The van der Waals surface area contributed by atoms with Crippen LogP contribution in [0.15, 0.2) is 0 Å². The Kier molecular flexibility index (Phi) is 10.5. The Morgan fingerprint density at radius 3 is 1.57 bits per heavy atom. The molecule has 14 heavy (non-hydrogen) atoms. The Morgan fingerprint density at radius 2 is 1.29 bits per heavy atom. The third-order valence-corrected chi connectivity index (χ3v) is 3.97. The molecule has 4 nitrogen and oxygen atoms in total. The van der Waals surface area contributed by atoms with Crippen LogP contribution < -0.4 is 11.5 Å². The van der Waals surface area contributed by atoms with Crippen LogP contribution in [0.1, 0.15) is 13.8 Å². The maximum atomic E-state index is 5.76. The van der Waals surface area contributed by atoms with E-state index in [9.17, 15) is 0 Å². The SMILES string of the molecule is CCOCC(N)SSC(N)COCC. The molecule has 0 rings (SSSR count). The van der Waals surface area contributed by atoms with Crippen LogP contribution in [0, 0.1) is 0 Å². The molecule has 0 bridgehead atoms. The van der Waals surface area contributed by atoms with Gasteiger partial charge in [-0.1, -0.05) is 21.6 Å². The first-order chi connectivity index (χ1) is 6.70. The van der Waals surface area contributed by atoms with E-state index >= 15 is 0 Å². The van der Waals surface area contributed by atoms with Crippen molar-refractivity contribution in [2.75, 3.05) is 26.4 Å². The topological polar surface area (TPSA) is 70.5 Å². The van der Waals surface area contributed by atoms with Crippen molar-refractivity contribution in [2.24, 2.45) is 11.5 Å². The van der Waals surface area contributed by atoms with Gasteiger partial charge in [-0.05, 0) is 13.8 Å². The molecule has 0 amide bonds. The van der Waals surface area contributed by atoms with E-state index in [4.69, 9.17) is 20.9 Å². The van der Waals surface area contributed by atoms with Crippen molar-refractivity contribution in [2.45, 2.75) is 24.6 Å². The molecule has 86 valence electrons. The normalized spacial score (nSPS) is 15.4. The highest BCUT2D eigenvalue weighted by Crippen LogP contribution is 2.26. The van der Waals surface area contributed by atoms with Crippen LogP contribution in [0.4, 0.5) is 0 Å². The van der Waals surface area contributed by atoms with Crippen molar-refractivity contribution in [1.29, 1.82) is 0 Å². The molecule has 0 fully saturated rings. The average Bonchev–Trinajstić information content (AvgIpc) is 2.20. The van der Waals surface area contributed by atoms with Crippen molar-refractivity contribution in [3.63, 3.8) is 0 Å². The van der Waals surface area contributed by atoms with Gasteiger partial charge in [-0.3, -0.25) is 0 Å². The summed E-state index contributed by atoms with van der Waals surface area (Å²) < 4.78 is 10.4. The summed E-state index contributed by atoms with van der Waals surface area (Å²) in [4.78, 5) is 0. The maximum Gasteiger partial charge on any atom is 0.0849 e. The Hall–Kier alpha value is 0.540. The van der Waals surface area contributed by atoms with Gasteiger partial charge in [-0.15, -0.1) is 0 Å². The van der Waals surface area contributed by atoms with Gasteiger partial charge in [0.25, 0.3) is 0 Å². The Bertz CT molecular complexity index is 116. The van der Waals surface area contributed by atoms with Crippen LogP contribution in [-0.4, -0.2) is 37.2 Å². The van der Waals surface area contributed by atoms with E-state index in [0.29, 0.717) is 26.4 Å². The lowest BCUT2D eigenvalue weighted by atomic mass is 10.7. The lowest BCUT2D eigenvalue weighted by Crippen LogP contribution is -2.25. The minimum Gasteiger partial charge on any atom is -0.379 e. The number of rotatable bonds is 9. The Labute approximate surface area is 93.8 Å². The molecule has 0 aromatic carbocycles. The summed E-state index contributed by atoms with van der Waals surface area (Å²) in [5.41, 5.74) is 11.5. The first-order valence-electron chi connectivity index (χ1n) is 4.69. The summed E-state index contributed by atoms with van der Waals surface area (Å²) in [6.45, 7) is 6.43. The Morgan fingerprint density at radius 1 is 0.929 bits per heavy atom. The summed E-state index contributed by atoms with van der Waals surface area (Å²) in [5, 5.41) is -0.0414. The Balaban J connectivity index is 3.31. The number of hydrogen-bond acceptors (Lipinski definition) is 6. The standard InChI is InChI=1S/C8H20N2O2S2/c1-3-11-5-7(9)13-14-8(10)6-12-4-2/h7-8H,3-6,9-10H2,1-2H3. The van der Waals surface area contributed by atoms with E-state index in [1.807, 2.05) is 13.8 Å². The first-order valence-corrected chi connectivity index (χ1v) is 6.97. The zero-order chi connectivity index (χ0) is 10.8. The second-order valence-electron chi connectivity index (χ2n) is 2.59. The quantitative estimate of drug-likeness (QED) is 0.463. The molecule has 0 radical (unpaired) electrons. The molecule has 0 spiro atoms. The van der Waals surface area contributed by atoms with Gasteiger partial charge < -0.3 is 20.9 Å². The highest BCUT2D eigenvalue weighted by Gasteiger charge is 2.08. The molecular formula is C8H20N2O2S2. The predicted molar refractivity (Wildman–Crippen MR) is 64.1 cm³/mol. The average molecular weight is 240 g/mol.